The number of ether oxygens (including phenoxy) is 2. The summed E-state index contributed by atoms with van der Waals surface area (Å²) in [6.07, 6.45) is -4.46. The summed E-state index contributed by atoms with van der Waals surface area (Å²) >= 11 is 0. The summed E-state index contributed by atoms with van der Waals surface area (Å²) < 4.78 is 73.6. The highest BCUT2D eigenvalue weighted by molar-refractivity contribution is 7.89. The van der Waals surface area contributed by atoms with E-state index in [1.165, 1.54) is 4.31 Å². The minimum Gasteiger partial charge on any atom is -0.485 e. The number of hydrogen-bond donors (Lipinski definition) is 0. The molecule has 2 aliphatic heterocycles. The monoisotopic (exact) mass is 427 g/mol. The number of alkyl halides is 3. The lowest BCUT2D eigenvalue weighted by molar-refractivity contribution is -0.274. The van der Waals surface area contributed by atoms with Gasteiger partial charge < -0.3 is 9.47 Å². The molecule has 1 atom stereocenters. The lowest BCUT2D eigenvalue weighted by Crippen LogP contribution is -2.45. The van der Waals surface area contributed by atoms with Crippen LogP contribution in [0.25, 0.3) is 0 Å². The molecule has 1 saturated heterocycles. The standard InChI is InChI=1S/C19H16F3NO5S/c20-19(21,22)27-13-5-7-14(8-6-13)29(25,26)23-10-9-18(12-23)11-16(24)15-3-1-2-4-17(15)28-18/h1-8H,9-12H2/t18-/m1/s1. The first-order valence-corrected chi connectivity index (χ1v) is 10.2. The highest BCUT2D eigenvalue weighted by Gasteiger charge is 2.48. The molecule has 6 nitrogen and oxygen atoms in total. The van der Waals surface area contributed by atoms with Gasteiger partial charge in [0.15, 0.2) is 5.78 Å². The Kier molecular flexibility index (Phi) is 4.58. The predicted octanol–water partition coefficient (Wildman–Crippen LogP) is 3.38. The van der Waals surface area contributed by atoms with E-state index in [2.05, 4.69) is 4.74 Å². The minimum atomic E-state index is -4.86. The van der Waals surface area contributed by atoms with Gasteiger partial charge in [-0.05, 0) is 36.4 Å². The van der Waals surface area contributed by atoms with Gasteiger partial charge in [0, 0.05) is 13.0 Å². The molecule has 1 fully saturated rings. The first-order chi connectivity index (χ1) is 13.6. The van der Waals surface area contributed by atoms with Crippen molar-refractivity contribution < 1.29 is 35.9 Å². The Morgan fingerprint density at radius 1 is 1.07 bits per heavy atom. The van der Waals surface area contributed by atoms with Gasteiger partial charge in [-0.2, -0.15) is 4.31 Å². The van der Waals surface area contributed by atoms with Crippen LogP contribution < -0.4 is 9.47 Å². The number of hydrogen-bond acceptors (Lipinski definition) is 5. The molecule has 0 aliphatic carbocycles. The maximum absolute atomic E-state index is 12.9. The third kappa shape index (κ3) is 3.82. The van der Waals surface area contributed by atoms with Crippen LogP contribution in [0.3, 0.4) is 0 Å². The quantitative estimate of drug-likeness (QED) is 0.751. The van der Waals surface area contributed by atoms with Crippen molar-refractivity contribution in [3.8, 4) is 11.5 Å². The molecule has 4 rings (SSSR count). The number of halogens is 3. The number of nitrogens with zero attached hydrogens (tertiary/aromatic N) is 1. The van der Waals surface area contributed by atoms with Crippen LogP contribution in [-0.4, -0.2) is 43.6 Å². The Hall–Kier alpha value is -2.59. The Labute approximate surface area is 164 Å². The fourth-order valence-corrected chi connectivity index (χ4v) is 5.16. The van der Waals surface area contributed by atoms with Crippen molar-refractivity contribution in [1.29, 1.82) is 0 Å². The second kappa shape index (κ2) is 6.74. The van der Waals surface area contributed by atoms with Crippen LogP contribution in [0, 0.1) is 0 Å². The zero-order valence-corrected chi connectivity index (χ0v) is 15.8. The summed E-state index contributed by atoms with van der Waals surface area (Å²) in [4.78, 5) is 12.3. The molecule has 29 heavy (non-hydrogen) atoms. The van der Waals surface area contributed by atoms with E-state index in [1.54, 1.807) is 24.3 Å². The summed E-state index contributed by atoms with van der Waals surface area (Å²) in [5, 5.41) is 0. The van der Waals surface area contributed by atoms with E-state index in [0.717, 1.165) is 24.3 Å². The average Bonchev–Trinajstić information content (AvgIpc) is 3.05. The van der Waals surface area contributed by atoms with E-state index in [9.17, 15) is 26.4 Å². The Bertz CT molecular complexity index is 1050. The van der Waals surface area contributed by atoms with Crippen LogP contribution >= 0.6 is 0 Å². The zero-order chi connectivity index (χ0) is 20.9. The molecule has 10 heteroatoms. The van der Waals surface area contributed by atoms with Gasteiger partial charge in [-0.3, -0.25) is 4.79 Å². The van der Waals surface area contributed by atoms with Crippen molar-refractivity contribution in [2.75, 3.05) is 13.1 Å². The van der Waals surface area contributed by atoms with Crippen molar-refractivity contribution in [3.63, 3.8) is 0 Å². The molecule has 2 heterocycles. The largest absolute Gasteiger partial charge is 0.573 e. The first kappa shape index (κ1) is 19.7. The van der Waals surface area contributed by atoms with Gasteiger partial charge in [-0.25, -0.2) is 8.42 Å². The SMILES string of the molecule is O=C1C[C@@]2(CCN(S(=O)(=O)c3ccc(OC(F)(F)F)cc3)C2)Oc2ccccc21. The van der Waals surface area contributed by atoms with Crippen molar-refractivity contribution in [2.24, 2.45) is 0 Å². The van der Waals surface area contributed by atoms with E-state index < -0.39 is 27.7 Å². The molecule has 0 bridgehead atoms. The van der Waals surface area contributed by atoms with Crippen molar-refractivity contribution in [1.82, 2.24) is 4.31 Å². The molecule has 0 saturated carbocycles. The molecule has 0 unspecified atom stereocenters. The topological polar surface area (TPSA) is 72.9 Å². The lowest BCUT2D eigenvalue weighted by atomic mass is 9.89. The molecule has 0 aromatic heterocycles. The van der Waals surface area contributed by atoms with Gasteiger partial charge in [0.1, 0.15) is 17.1 Å². The van der Waals surface area contributed by atoms with Crippen LogP contribution in [0.4, 0.5) is 13.2 Å². The number of ketones is 1. The number of carbonyl (C=O) groups is 1. The maximum atomic E-state index is 12.9. The second-order valence-electron chi connectivity index (χ2n) is 6.99. The third-order valence-electron chi connectivity index (χ3n) is 4.97. The molecule has 0 N–H and O–H groups in total. The van der Waals surface area contributed by atoms with E-state index in [1.807, 2.05) is 0 Å². The normalized spacial score (nSPS) is 22.4. The number of carbonyl (C=O) groups excluding carboxylic acids is 1. The van der Waals surface area contributed by atoms with Crippen molar-refractivity contribution in [2.45, 2.75) is 29.7 Å². The van der Waals surface area contributed by atoms with Crippen LogP contribution in [-0.2, 0) is 10.0 Å². The van der Waals surface area contributed by atoms with Crippen LogP contribution in [0.1, 0.15) is 23.2 Å². The Morgan fingerprint density at radius 2 is 1.76 bits per heavy atom. The molecule has 2 aromatic carbocycles. The lowest BCUT2D eigenvalue weighted by Gasteiger charge is -2.34. The van der Waals surface area contributed by atoms with Gasteiger partial charge >= 0.3 is 6.36 Å². The molecule has 2 aromatic rings. The van der Waals surface area contributed by atoms with E-state index in [4.69, 9.17) is 4.74 Å². The molecular weight excluding hydrogens is 411 g/mol. The molecule has 1 spiro atoms. The van der Waals surface area contributed by atoms with E-state index in [-0.39, 0.29) is 30.2 Å². The maximum Gasteiger partial charge on any atom is 0.573 e. The smallest absolute Gasteiger partial charge is 0.485 e. The molecule has 154 valence electrons. The number of sulfonamides is 1. The van der Waals surface area contributed by atoms with E-state index in [0.29, 0.717) is 17.7 Å². The minimum absolute atomic E-state index is 0.0176. The summed E-state index contributed by atoms with van der Waals surface area (Å²) in [5.41, 5.74) is -0.475. The van der Waals surface area contributed by atoms with Gasteiger partial charge in [0.05, 0.1) is 23.4 Å². The van der Waals surface area contributed by atoms with Gasteiger partial charge in [0.2, 0.25) is 10.0 Å². The van der Waals surface area contributed by atoms with Crippen LogP contribution in [0.5, 0.6) is 11.5 Å². The zero-order valence-electron chi connectivity index (χ0n) is 15.0. The first-order valence-electron chi connectivity index (χ1n) is 8.75. The molecular formula is C19H16F3NO5S. The summed E-state index contributed by atoms with van der Waals surface area (Å²) in [7, 11) is -3.96. The van der Waals surface area contributed by atoms with E-state index >= 15 is 0 Å². The Balaban J connectivity index is 1.54. The number of benzene rings is 2. The van der Waals surface area contributed by atoms with Crippen LogP contribution in [0.15, 0.2) is 53.4 Å². The highest BCUT2D eigenvalue weighted by Crippen LogP contribution is 2.40. The van der Waals surface area contributed by atoms with Gasteiger partial charge in [0.25, 0.3) is 0 Å². The molecule has 0 radical (unpaired) electrons. The summed E-state index contributed by atoms with van der Waals surface area (Å²) in [6, 6.07) is 10.8. The summed E-state index contributed by atoms with van der Waals surface area (Å²) in [6.45, 7) is 0.120. The highest BCUT2D eigenvalue weighted by atomic mass is 32.2. The van der Waals surface area contributed by atoms with Crippen molar-refractivity contribution >= 4 is 15.8 Å². The fourth-order valence-electron chi connectivity index (χ4n) is 3.65. The van der Waals surface area contributed by atoms with Gasteiger partial charge in [-0.15, -0.1) is 13.2 Å². The Morgan fingerprint density at radius 3 is 2.45 bits per heavy atom. The van der Waals surface area contributed by atoms with Crippen molar-refractivity contribution in [3.05, 3.63) is 54.1 Å². The number of Topliss-reactive ketones (excluding diaryl/α,β-unsaturated/α-hetero) is 1. The third-order valence-corrected chi connectivity index (χ3v) is 6.83. The number of para-hydroxylation sites is 1. The second-order valence-corrected chi connectivity index (χ2v) is 8.93. The van der Waals surface area contributed by atoms with Gasteiger partial charge in [-0.1, -0.05) is 12.1 Å². The number of fused-ring (bicyclic) bond motifs is 1. The molecule has 2 aliphatic rings. The van der Waals surface area contributed by atoms with Crippen LogP contribution in [0.2, 0.25) is 0 Å². The average molecular weight is 427 g/mol. The predicted molar refractivity (Wildman–Crippen MR) is 95.2 cm³/mol. The fraction of sp³-hybridized carbons (Fsp3) is 0.316. The molecule has 0 amide bonds. The summed E-state index contributed by atoms with van der Waals surface area (Å²) in [5.74, 6) is -0.191. The number of rotatable bonds is 3.